The summed E-state index contributed by atoms with van der Waals surface area (Å²) in [7, 11) is -3.71. The zero-order valence-electron chi connectivity index (χ0n) is 11.3. The third-order valence-corrected chi connectivity index (χ3v) is 4.99. The van der Waals surface area contributed by atoms with Gasteiger partial charge in [-0.15, -0.1) is 0 Å². The standard InChI is InChI=1S/C13H15N5O2S/c1-10-2-4-11(5-3-10)21(19,20)18-9-8-17(15)13-12(18)6-7-16(13)14/h2-9H,14-15H2,1H3. The second kappa shape index (κ2) is 4.54. The lowest BCUT2D eigenvalue weighted by molar-refractivity contribution is 0.595. The minimum atomic E-state index is -3.71. The first kappa shape index (κ1) is 13.5. The lowest BCUT2D eigenvalue weighted by Crippen LogP contribution is -2.37. The van der Waals surface area contributed by atoms with Crippen molar-refractivity contribution in [3.63, 3.8) is 0 Å². The van der Waals surface area contributed by atoms with Crippen LogP contribution in [0.2, 0.25) is 0 Å². The topological polar surface area (TPSA) is 97.6 Å². The second-order valence-corrected chi connectivity index (χ2v) is 6.57. The first-order chi connectivity index (χ1) is 9.91. The van der Waals surface area contributed by atoms with Crippen LogP contribution < -0.4 is 21.0 Å². The van der Waals surface area contributed by atoms with E-state index < -0.39 is 10.0 Å². The van der Waals surface area contributed by atoms with Crippen molar-refractivity contribution < 1.29 is 8.42 Å². The number of nitrogens with two attached hydrogens (primary N) is 2. The van der Waals surface area contributed by atoms with Crippen LogP contribution in [0.3, 0.4) is 0 Å². The zero-order valence-corrected chi connectivity index (χ0v) is 12.2. The number of nitrogen functional groups attached to an aromatic ring is 1. The number of aryl methyl sites for hydroxylation is 1. The molecule has 1 aromatic carbocycles. The van der Waals surface area contributed by atoms with Gasteiger partial charge in [-0.25, -0.2) is 18.6 Å². The van der Waals surface area contributed by atoms with Gasteiger partial charge in [0, 0.05) is 18.6 Å². The van der Waals surface area contributed by atoms with Crippen molar-refractivity contribution >= 4 is 21.5 Å². The highest BCUT2D eigenvalue weighted by Gasteiger charge is 2.30. The average Bonchev–Trinajstić information content (AvgIpc) is 2.82. The van der Waals surface area contributed by atoms with Crippen molar-refractivity contribution in [2.75, 3.05) is 15.2 Å². The number of hydrogen-bond donors (Lipinski definition) is 2. The van der Waals surface area contributed by atoms with Crippen LogP contribution in [-0.2, 0) is 10.0 Å². The molecule has 0 unspecified atom stereocenters. The molecule has 4 N–H and O–H groups in total. The van der Waals surface area contributed by atoms with Gasteiger partial charge >= 0.3 is 0 Å². The minimum Gasteiger partial charge on any atom is -0.338 e. The second-order valence-electron chi connectivity index (χ2n) is 4.75. The maximum absolute atomic E-state index is 12.7. The molecule has 8 heteroatoms. The molecule has 1 aromatic heterocycles. The summed E-state index contributed by atoms with van der Waals surface area (Å²) in [6.45, 7) is 1.90. The zero-order chi connectivity index (χ0) is 15.2. The number of anilines is 2. The summed E-state index contributed by atoms with van der Waals surface area (Å²) in [4.78, 5) is 0.207. The Kier molecular flexibility index (Phi) is 2.92. The molecule has 0 spiro atoms. The molecule has 1 aliphatic heterocycles. The molecule has 1 aliphatic rings. The van der Waals surface area contributed by atoms with Gasteiger partial charge in [-0.05, 0) is 25.1 Å². The van der Waals surface area contributed by atoms with Crippen LogP contribution in [0.4, 0.5) is 11.5 Å². The Morgan fingerprint density at radius 2 is 1.67 bits per heavy atom. The third-order valence-electron chi connectivity index (χ3n) is 3.29. The fraction of sp³-hybridized carbons (Fsp3) is 0.0769. The first-order valence-corrected chi connectivity index (χ1v) is 7.65. The molecule has 2 aromatic rings. The van der Waals surface area contributed by atoms with Crippen LogP contribution in [0.5, 0.6) is 0 Å². The molecule has 0 bridgehead atoms. The molecule has 21 heavy (non-hydrogen) atoms. The smallest absolute Gasteiger partial charge is 0.268 e. The van der Waals surface area contributed by atoms with Crippen molar-refractivity contribution in [3.05, 3.63) is 54.5 Å². The van der Waals surface area contributed by atoms with Gasteiger partial charge in [-0.3, -0.25) is 9.69 Å². The Bertz CT molecular complexity index is 808. The molecule has 0 saturated carbocycles. The van der Waals surface area contributed by atoms with E-state index in [1.807, 2.05) is 6.92 Å². The molecule has 0 atom stereocenters. The first-order valence-electron chi connectivity index (χ1n) is 6.21. The highest BCUT2D eigenvalue weighted by Crippen LogP contribution is 2.35. The third kappa shape index (κ3) is 2.05. The molecule has 0 saturated heterocycles. The number of benzene rings is 1. The SMILES string of the molecule is Cc1ccc(S(=O)(=O)N2C=CN(N)c3c2ccn3N)cc1. The Morgan fingerprint density at radius 3 is 2.33 bits per heavy atom. The number of rotatable bonds is 2. The quantitative estimate of drug-likeness (QED) is 0.802. The van der Waals surface area contributed by atoms with Crippen molar-refractivity contribution in [2.45, 2.75) is 11.8 Å². The number of aromatic nitrogens is 1. The Balaban J connectivity index is 2.12. The van der Waals surface area contributed by atoms with E-state index >= 15 is 0 Å². The molecule has 0 radical (unpaired) electrons. The van der Waals surface area contributed by atoms with Gasteiger partial charge in [0.05, 0.1) is 4.90 Å². The predicted molar refractivity (Wildman–Crippen MR) is 81.2 cm³/mol. The van der Waals surface area contributed by atoms with Gasteiger partial charge in [-0.2, -0.15) is 0 Å². The van der Waals surface area contributed by atoms with Crippen molar-refractivity contribution in [1.82, 2.24) is 4.68 Å². The average molecular weight is 305 g/mol. The molecule has 3 rings (SSSR count). The van der Waals surface area contributed by atoms with Crippen LogP contribution in [0.25, 0.3) is 0 Å². The van der Waals surface area contributed by atoms with Gasteiger partial charge < -0.3 is 5.84 Å². The highest BCUT2D eigenvalue weighted by molar-refractivity contribution is 7.93. The lowest BCUT2D eigenvalue weighted by Gasteiger charge is -2.28. The minimum absolute atomic E-state index is 0.207. The van der Waals surface area contributed by atoms with E-state index in [-0.39, 0.29) is 4.90 Å². The summed E-state index contributed by atoms with van der Waals surface area (Å²) in [6, 6.07) is 8.26. The molecular formula is C13H15N5O2S. The summed E-state index contributed by atoms with van der Waals surface area (Å²) >= 11 is 0. The predicted octanol–water partition coefficient (Wildman–Crippen LogP) is 0.871. The maximum atomic E-state index is 12.7. The van der Waals surface area contributed by atoms with E-state index in [1.165, 1.54) is 26.4 Å². The van der Waals surface area contributed by atoms with Gasteiger partial charge in [-0.1, -0.05) is 17.7 Å². The molecule has 110 valence electrons. The van der Waals surface area contributed by atoms with E-state index in [1.54, 1.807) is 36.5 Å². The van der Waals surface area contributed by atoms with E-state index in [0.29, 0.717) is 11.5 Å². The van der Waals surface area contributed by atoms with Crippen molar-refractivity contribution in [1.29, 1.82) is 0 Å². The normalized spacial score (nSPS) is 14.4. The van der Waals surface area contributed by atoms with E-state index in [0.717, 1.165) is 5.56 Å². The number of hydrazine groups is 1. The molecule has 2 heterocycles. The van der Waals surface area contributed by atoms with E-state index in [2.05, 4.69) is 0 Å². The Labute approximate surface area is 122 Å². The van der Waals surface area contributed by atoms with E-state index in [9.17, 15) is 8.42 Å². The number of sulfonamides is 1. The number of nitrogens with zero attached hydrogens (tertiary/aromatic N) is 3. The van der Waals surface area contributed by atoms with Crippen LogP contribution in [-0.4, -0.2) is 13.1 Å². The lowest BCUT2D eigenvalue weighted by atomic mass is 10.2. The van der Waals surface area contributed by atoms with Crippen LogP contribution in [0.1, 0.15) is 5.56 Å². The van der Waals surface area contributed by atoms with Gasteiger partial charge in [0.2, 0.25) is 0 Å². The monoisotopic (exact) mass is 305 g/mol. The molecule has 7 nitrogen and oxygen atoms in total. The summed E-state index contributed by atoms with van der Waals surface area (Å²) in [5.74, 6) is 11.9. The summed E-state index contributed by atoms with van der Waals surface area (Å²) in [5, 5.41) is 1.27. The largest absolute Gasteiger partial charge is 0.338 e. The number of hydrogen-bond acceptors (Lipinski definition) is 5. The fourth-order valence-corrected chi connectivity index (χ4v) is 3.51. The van der Waals surface area contributed by atoms with E-state index in [4.69, 9.17) is 11.7 Å². The maximum Gasteiger partial charge on any atom is 0.268 e. The van der Waals surface area contributed by atoms with Crippen molar-refractivity contribution in [2.24, 2.45) is 5.84 Å². The summed E-state index contributed by atoms with van der Waals surface area (Å²) in [6.07, 6.45) is 4.39. The summed E-state index contributed by atoms with van der Waals surface area (Å²) < 4.78 is 27.9. The fourth-order valence-electron chi connectivity index (χ4n) is 2.18. The van der Waals surface area contributed by atoms with Gasteiger partial charge in [0.25, 0.3) is 10.0 Å². The number of fused-ring (bicyclic) bond motifs is 1. The molecule has 0 aliphatic carbocycles. The van der Waals surface area contributed by atoms with Crippen LogP contribution >= 0.6 is 0 Å². The van der Waals surface area contributed by atoms with Gasteiger partial charge in [0.15, 0.2) is 5.82 Å². The van der Waals surface area contributed by atoms with Crippen molar-refractivity contribution in [3.8, 4) is 0 Å². The summed E-state index contributed by atoms with van der Waals surface area (Å²) in [5.41, 5.74) is 1.40. The molecule has 0 fully saturated rings. The Morgan fingerprint density at radius 1 is 1.00 bits per heavy atom. The Hall–Kier alpha value is -2.45. The van der Waals surface area contributed by atoms with Crippen LogP contribution in [0.15, 0.2) is 53.8 Å². The molecular weight excluding hydrogens is 290 g/mol. The molecule has 0 amide bonds. The van der Waals surface area contributed by atoms with Crippen LogP contribution in [0, 0.1) is 6.92 Å². The van der Waals surface area contributed by atoms with Gasteiger partial charge in [0.1, 0.15) is 5.69 Å². The highest BCUT2D eigenvalue weighted by atomic mass is 32.2.